The number of nitrogens with zero attached hydrogens (tertiary/aromatic N) is 7. The van der Waals surface area contributed by atoms with Gasteiger partial charge in [0.25, 0.3) is 0 Å². The predicted octanol–water partition coefficient (Wildman–Crippen LogP) is 1.96. The maximum atomic E-state index is 4.50. The lowest BCUT2D eigenvalue weighted by molar-refractivity contribution is 0.630. The van der Waals surface area contributed by atoms with Crippen molar-refractivity contribution in [2.75, 3.05) is 36.0 Å². The molecule has 7 heteroatoms. The molecule has 0 bridgehead atoms. The first kappa shape index (κ1) is 15.4. The lowest BCUT2D eigenvalue weighted by Gasteiger charge is -2.35. The SMILES string of the molecule is Cc1ccnc(N2CCN(c3ccc(-c4cccnc4)nn3)CC2)n1. The second-order valence-corrected chi connectivity index (χ2v) is 5.99. The zero-order chi connectivity index (χ0) is 17.1. The van der Waals surface area contributed by atoms with Crippen LogP contribution in [0.25, 0.3) is 11.3 Å². The fraction of sp³-hybridized carbons (Fsp3) is 0.278. The molecule has 126 valence electrons. The lowest BCUT2D eigenvalue weighted by atomic mass is 10.2. The number of rotatable bonds is 3. The smallest absolute Gasteiger partial charge is 0.225 e. The molecule has 1 aliphatic heterocycles. The van der Waals surface area contributed by atoms with Crippen molar-refractivity contribution in [1.29, 1.82) is 0 Å². The first-order chi connectivity index (χ1) is 12.3. The Morgan fingerprint density at radius 1 is 0.880 bits per heavy atom. The molecule has 1 fully saturated rings. The normalized spacial score (nSPS) is 14.6. The van der Waals surface area contributed by atoms with Crippen LogP contribution in [0.2, 0.25) is 0 Å². The summed E-state index contributed by atoms with van der Waals surface area (Å²) in [4.78, 5) is 17.4. The number of aromatic nitrogens is 5. The summed E-state index contributed by atoms with van der Waals surface area (Å²) in [7, 11) is 0. The molecule has 0 saturated carbocycles. The van der Waals surface area contributed by atoms with E-state index in [1.165, 1.54) is 0 Å². The van der Waals surface area contributed by atoms with Gasteiger partial charge in [0.2, 0.25) is 5.95 Å². The molecular weight excluding hydrogens is 314 g/mol. The highest BCUT2D eigenvalue weighted by atomic mass is 15.3. The minimum Gasteiger partial charge on any atom is -0.352 e. The van der Waals surface area contributed by atoms with Crippen LogP contribution in [0.15, 0.2) is 48.9 Å². The standard InChI is InChI=1S/C18H19N7/c1-14-6-8-20-18(21-14)25-11-9-24(10-12-25)17-5-4-16(22-23-17)15-3-2-7-19-13-15/h2-8,13H,9-12H2,1H3. The Morgan fingerprint density at radius 3 is 2.40 bits per heavy atom. The Bertz CT molecular complexity index is 828. The summed E-state index contributed by atoms with van der Waals surface area (Å²) in [5.41, 5.74) is 2.80. The molecule has 0 atom stereocenters. The summed E-state index contributed by atoms with van der Waals surface area (Å²) in [5, 5.41) is 8.73. The van der Waals surface area contributed by atoms with Crippen LogP contribution in [0.1, 0.15) is 5.69 Å². The molecule has 25 heavy (non-hydrogen) atoms. The monoisotopic (exact) mass is 333 g/mol. The van der Waals surface area contributed by atoms with Crippen LogP contribution in [0.5, 0.6) is 0 Å². The van der Waals surface area contributed by atoms with Crippen LogP contribution in [-0.4, -0.2) is 51.3 Å². The predicted molar refractivity (Wildman–Crippen MR) is 96.5 cm³/mol. The molecule has 0 amide bonds. The molecule has 3 aromatic heterocycles. The van der Waals surface area contributed by atoms with Gasteiger partial charge >= 0.3 is 0 Å². The van der Waals surface area contributed by atoms with Gasteiger partial charge in [-0.3, -0.25) is 4.98 Å². The molecule has 4 heterocycles. The average Bonchev–Trinajstić information content (AvgIpc) is 2.69. The zero-order valence-electron chi connectivity index (χ0n) is 14.1. The molecule has 3 aromatic rings. The number of piperazine rings is 1. The van der Waals surface area contributed by atoms with E-state index in [0.29, 0.717) is 0 Å². The third-order valence-corrected chi connectivity index (χ3v) is 4.28. The van der Waals surface area contributed by atoms with Gasteiger partial charge in [0.05, 0.1) is 5.69 Å². The van der Waals surface area contributed by atoms with E-state index in [-0.39, 0.29) is 0 Å². The van der Waals surface area contributed by atoms with Crippen LogP contribution in [0, 0.1) is 6.92 Å². The van der Waals surface area contributed by atoms with Gasteiger partial charge < -0.3 is 9.80 Å². The first-order valence-electron chi connectivity index (χ1n) is 8.33. The van der Waals surface area contributed by atoms with Gasteiger partial charge in [-0.15, -0.1) is 10.2 Å². The van der Waals surface area contributed by atoms with Crippen molar-refractivity contribution in [2.45, 2.75) is 6.92 Å². The highest BCUT2D eigenvalue weighted by Crippen LogP contribution is 2.19. The van der Waals surface area contributed by atoms with Crippen LogP contribution in [0.4, 0.5) is 11.8 Å². The Balaban J connectivity index is 1.42. The fourth-order valence-electron chi connectivity index (χ4n) is 2.89. The van der Waals surface area contributed by atoms with E-state index in [0.717, 1.165) is 54.9 Å². The Kier molecular flexibility index (Phi) is 4.20. The number of hydrogen-bond acceptors (Lipinski definition) is 7. The van der Waals surface area contributed by atoms with Crippen molar-refractivity contribution in [2.24, 2.45) is 0 Å². The van der Waals surface area contributed by atoms with Crippen LogP contribution in [-0.2, 0) is 0 Å². The van der Waals surface area contributed by atoms with Gasteiger partial charge in [0, 0.05) is 56.0 Å². The molecule has 1 aliphatic rings. The largest absolute Gasteiger partial charge is 0.352 e. The van der Waals surface area contributed by atoms with E-state index >= 15 is 0 Å². The van der Waals surface area contributed by atoms with Crippen molar-refractivity contribution in [1.82, 2.24) is 25.1 Å². The third kappa shape index (κ3) is 3.40. The molecule has 0 unspecified atom stereocenters. The lowest BCUT2D eigenvalue weighted by Crippen LogP contribution is -2.47. The zero-order valence-corrected chi connectivity index (χ0v) is 14.1. The Morgan fingerprint density at radius 2 is 1.72 bits per heavy atom. The van der Waals surface area contributed by atoms with Crippen LogP contribution >= 0.6 is 0 Å². The average molecular weight is 333 g/mol. The van der Waals surface area contributed by atoms with Gasteiger partial charge in [-0.1, -0.05) is 0 Å². The van der Waals surface area contributed by atoms with E-state index in [4.69, 9.17) is 0 Å². The molecule has 0 N–H and O–H groups in total. The maximum absolute atomic E-state index is 4.50. The molecule has 0 radical (unpaired) electrons. The summed E-state index contributed by atoms with van der Waals surface area (Å²) >= 11 is 0. The van der Waals surface area contributed by atoms with Crippen LogP contribution in [0.3, 0.4) is 0 Å². The molecular formula is C18H19N7. The van der Waals surface area contributed by atoms with Crippen molar-refractivity contribution in [3.63, 3.8) is 0 Å². The number of aryl methyl sites for hydroxylation is 1. The first-order valence-corrected chi connectivity index (χ1v) is 8.33. The van der Waals surface area contributed by atoms with Crippen molar-refractivity contribution >= 4 is 11.8 Å². The minimum atomic E-state index is 0.803. The molecule has 4 rings (SSSR count). The topological polar surface area (TPSA) is 70.9 Å². The number of anilines is 2. The summed E-state index contributed by atoms with van der Waals surface area (Å²) in [5.74, 6) is 1.70. The molecule has 7 nitrogen and oxygen atoms in total. The Labute approximate surface area is 146 Å². The second kappa shape index (κ2) is 6.80. The van der Waals surface area contributed by atoms with Crippen molar-refractivity contribution in [3.8, 4) is 11.3 Å². The number of hydrogen-bond donors (Lipinski definition) is 0. The van der Waals surface area contributed by atoms with Crippen molar-refractivity contribution < 1.29 is 0 Å². The summed E-state index contributed by atoms with van der Waals surface area (Å²) < 4.78 is 0. The number of pyridine rings is 1. The maximum Gasteiger partial charge on any atom is 0.225 e. The van der Waals surface area contributed by atoms with Gasteiger partial charge in [0.1, 0.15) is 0 Å². The van der Waals surface area contributed by atoms with Gasteiger partial charge in [-0.2, -0.15) is 0 Å². The highest BCUT2D eigenvalue weighted by Gasteiger charge is 2.20. The fourth-order valence-corrected chi connectivity index (χ4v) is 2.89. The van der Waals surface area contributed by atoms with E-state index in [1.807, 2.05) is 43.5 Å². The van der Waals surface area contributed by atoms with E-state index in [2.05, 4.69) is 34.9 Å². The minimum absolute atomic E-state index is 0.803. The van der Waals surface area contributed by atoms with Gasteiger partial charge in [0.15, 0.2) is 5.82 Å². The van der Waals surface area contributed by atoms with E-state index < -0.39 is 0 Å². The van der Waals surface area contributed by atoms with Gasteiger partial charge in [-0.05, 0) is 37.3 Å². The van der Waals surface area contributed by atoms with Gasteiger partial charge in [-0.25, -0.2) is 9.97 Å². The quantitative estimate of drug-likeness (QED) is 0.725. The summed E-state index contributed by atoms with van der Waals surface area (Å²) in [6, 6.07) is 9.82. The third-order valence-electron chi connectivity index (χ3n) is 4.28. The molecule has 0 spiro atoms. The molecule has 1 saturated heterocycles. The molecule has 0 aliphatic carbocycles. The summed E-state index contributed by atoms with van der Waals surface area (Å²) in [6.45, 7) is 5.47. The van der Waals surface area contributed by atoms with Crippen LogP contribution < -0.4 is 9.80 Å². The summed E-state index contributed by atoms with van der Waals surface area (Å²) in [6.07, 6.45) is 5.36. The Hall–Kier alpha value is -3.09. The van der Waals surface area contributed by atoms with E-state index in [9.17, 15) is 0 Å². The molecule has 0 aromatic carbocycles. The second-order valence-electron chi connectivity index (χ2n) is 5.99. The van der Waals surface area contributed by atoms with E-state index in [1.54, 1.807) is 12.4 Å². The highest BCUT2D eigenvalue weighted by molar-refractivity contribution is 5.58. The van der Waals surface area contributed by atoms with Crippen molar-refractivity contribution in [3.05, 3.63) is 54.6 Å².